The van der Waals surface area contributed by atoms with Gasteiger partial charge in [-0.15, -0.1) is 4.73 Å². The maximum atomic E-state index is 13.4. The highest BCUT2D eigenvalue weighted by Gasteiger charge is 2.32. The standard InChI is InChI=1S/C27H26ClF3N6O4/c1-36(2)10-9-32-26-33-14-15-11-20(25(39)37(41-4)23(15)35-26)19-13-17(6-8-21(19)28)34-24(38)18-7-5-16(27(29,30)31)12-22(18)40-3/h5-8,11-14H,9-10H2,1-4H3,(H,34,38)(H,32,33,35). The zero-order valence-corrected chi connectivity index (χ0v) is 23.2. The first kappa shape index (κ1) is 29.6. The van der Waals surface area contributed by atoms with E-state index in [0.717, 1.165) is 29.5 Å². The van der Waals surface area contributed by atoms with Crippen molar-refractivity contribution < 1.29 is 27.5 Å². The molecule has 2 aromatic carbocycles. The molecule has 0 bridgehead atoms. The highest BCUT2D eigenvalue weighted by Crippen LogP contribution is 2.34. The summed E-state index contributed by atoms with van der Waals surface area (Å²) in [6.45, 7) is 1.33. The van der Waals surface area contributed by atoms with E-state index in [9.17, 15) is 22.8 Å². The highest BCUT2D eigenvalue weighted by atomic mass is 35.5. The van der Waals surface area contributed by atoms with Crippen molar-refractivity contribution in [2.45, 2.75) is 6.18 Å². The first-order chi connectivity index (χ1) is 19.4. The van der Waals surface area contributed by atoms with Crippen LogP contribution in [0.25, 0.3) is 22.2 Å². The van der Waals surface area contributed by atoms with E-state index in [-0.39, 0.29) is 38.8 Å². The van der Waals surface area contributed by atoms with Crippen LogP contribution in [-0.2, 0) is 6.18 Å². The van der Waals surface area contributed by atoms with Crippen LogP contribution in [0.5, 0.6) is 5.75 Å². The zero-order chi connectivity index (χ0) is 29.9. The molecule has 1 amide bonds. The predicted molar refractivity (Wildman–Crippen MR) is 150 cm³/mol. The van der Waals surface area contributed by atoms with Gasteiger partial charge in [0.2, 0.25) is 5.95 Å². The molecule has 4 rings (SSSR count). The Balaban J connectivity index is 1.69. The molecular formula is C27H26ClF3N6O4. The lowest BCUT2D eigenvalue weighted by molar-refractivity contribution is -0.137. The average Bonchev–Trinajstić information content (AvgIpc) is 2.92. The zero-order valence-electron chi connectivity index (χ0n) is 22.5. The van der Waals surface area contributed by atoms with E-state index in [1.807, 2.05) is 19.0 Å². The van der Waals surface area contributed by atoms with Gasteiger partial charge in [-0.25, -0.2) is 4.98 Å². The Morgan fingerprint density at radius 3 is 2.51 bits per heavy atom. The molecular weight excluding hydrogens is 565 g/mol. The molecule has 0 spiro atoms. The molecule has 10 nitrogen and oxygen atoms in total. The number of nitrogens with zero attached hydrogens (tertiary/aromatic N) is 4. The molecule has 2 N–H and O–H groups in total. The number of pyridine rings is 1. The van der Waals surface area contributed by atoms with Crippen molar-refractivity contribution in [1.29, 1.82) is 0 Å². The number of likely N-dealkylation sites (N-methyl/N-ethyl adjacent to an activating group) is 1. The largest absolute Gasteiger partial charge is 0.496 e. The number of hydrogen-bond donors (Lipinski definition) is 2. The molecule has 0 aliphatic heterocycles. The number of ether oxygens (including phenoxy) is 1. The summed E-state index contributed by atoms with van der Waals surface area (Å²) in [5.41, 5.74) is -0.746. The molecule has 0 aliphatic carbocycles. The minimum absolute atomic E-state index is 0.114. The monoisotopic (exact) mass is 590 g/mol. The summed E-state index contributed by atoms with van der Waals surface area (Å²) in [5, 5.41) is 6.40. The number of alkyl halides is 3. The van der Waals surface area contributed by atoms with E-state index in [4.69, 9.17) is 21.2 Å². The van der Waals surface area contributed by atoms with Crippen molar-refractivity contribution in [1.82, 2.24) is 19.6 Å². The molecule has 0 aliphatic rings. The number of hydrogen-bond acceptors (Lipinski definition) is 8. The molecule has 0 atom stereocenters. The number of nitrogens with one attached hydrogen (secondary N) is 2. The number of benzene rings is 2. The number of carbonyl (C=O) groups is 1. The van der Waals surface area contributed by atoms with E-state index in [1.165, 1.54) is 38.6 Å². The summed E-state index contributed by atoms with van der Waals surface area (Å²) in [7, 11) is 6.36. The van der Waals surface area contributed by atoms with Crippen molar-refractivity contribution in [2.24, 2.45) is 0 Å². The fourth-order valence-corrected chi connectivity index (χ4v) is 4.19. The second kappa shape index (κ2) is 12.0. The molecule has 216 valence electrons. The Bertz CT molecular complexity index is 1660. The van der Waals surface area contributed by atoms with Crippen LogP contribution in [0.15, 0.2) is 53.5 Å². The minimum Gasteiger partial charge on any atom is -0.496 e. The van der Waals surface area contributed by atoms with Gasteiger partial charge in [0.1, 0.15) is 12.9 Å². The van der Waals surface area contributed by atoms with Gasteiger partial charge < -0.3 is 25.1 Å². The van der Waals surface area contributed by atoms with Crippen LogP contribution in [0.4, 0.5) is 24.8 Å². The van der Waals surface area contributed by atoms with Crippen molar-refractivity contribution in [3.8, 4) is 16.9 Å². The van der Waals surface area contributed by atoms with Gasteiger partial charge >= 0.3 is 6.18 Å². The lowest BCUT2D eigenvalue weighted by Gasteiger charge is -2.15. The maximum absolute atomic E-state index is 13.4. The van der Waals surface area contributed by atoms with Gasteiger partial charge in [-0.05, 0) is 56.6 Å². The average molecular weight is 591 g/mol. The van der Waals surface area contributed by atoms with Crippen LogP contribution in [-0.4, -0.2) is 66.9 Å². The fraction of sp³-hybridized carbons (Fsp3) is 0.259. The van der Waals surface area contributed by atoms with E-state index in [1.54, 1.807) is 6.07 Å². The smallest absolute Gasteiger partial charge is 0.416 e. The van der Waals surface area contributed by atoms with Gasteiger partial charge in [0.25, 0.3) is 11.5 Å². The van der Waals surface area contributed by atoms with Crippen LogP contribution in [0, 0.1) is 0 Å². The maximum Gasteiger partial charge on any atom is 0.416 e. The van der Waals surface area contributed by atoms with Crippen LogP contribution in [0.3, 0.4) is 0 Å². The quantitative estimate of drug-likeness (QED) is 0.295. The molecule has 0 saturated heterocycles. The number of aromatic nitrogens is 3. The molecule has 0 fully saturated rings. The number of amides is 1. The Labute approximate surface area is 237 Å². The van der Waals surface area contributed by atoms with Gasteiger partial charge in [0.05, 0.1) is 23.8 Å². The third-order valence-corrected chi connectivity index (χ3v) is 6.35. The predicted octanol–water partition coefficient (Wildman–Crippen LogP) is 4.42. The number of anilines is 2. The second-order valence-corrected chi connectivity index (χ2v) is 9.51. The number of halogens is 4. The Morgan fingerprint density at radius 1 is 1.10 bits per heavy atom. The lowest BCUT2D eigenvalue weighted by Crippen LogP contribution is -2.28. The van der Waals surface area contributed by atoms with Gasteiger partial charge in [-0.3, -0.25) is 9.59 Å². The second-order valence-electron chi connectivity index (χ2n) is 9.10. The third-order valence-electron chi connectivity index (χ3n) is 6.02. The summed E-state index contributed by atoms with van der Waals surface area (Å²) < 4.78 is 45.3. The molecule has 41 heavy (non-hydrogen) atoms. The summed E-state index contributed by atoms with van der Waals surface area (Å²) in [6, 6.07) is 8.56. The van der Waals surface area contributed by atoms with Crippen molar-refractivity contribution >= 4 is 40.2 Å². The molecule has 4 aromatic rings. The van der Waals surface area contributed by atoms with Crippen LogP contribution in [0.2, 0.25) is 5.02 Å². The topological polar surface area (TPSA) is 111 Å². The van der Waals surface area contributed by atoms with Gasteiger partial charge in [0.15, 0.2) is 5.65 Å². The number of rotatable bonds is 9. The number of carbonyl (C=O) groups excluding carboxylic acids is 1. The van der Waals surface area contributed by atoms with E-state index in [2.05, 4.69) is 20.6 Å². The van der Waals surface area contributed by atoms with Crippen molar-refractivity contribution in [3.63, 3.8) is 0 Å². The summed E-state index contributed by atoms with van der Waals surface area (Å²) in [5.74, 6) is -0.655. The van der Waals surface area contributed by atoms with E-state index < -0.39 is 23.2 Å². The number of methoxy groups -OCH3 is 1. The van der Waals surface area contributed by atoms with Crippen molar-refractivity contribution in [3.05, 3.63) is 75.2 Å². The third kappa shape index (κ3) is 6.52. The lowest BCUT2D eigenvalue weighted by atomic mass is 10.0. The normalized spacial score (nSPS) is 11.5. The minimum atomic E-state index is -4.60. The van der Waals surface area contributed by atoms with Crippen LogP contribution < -0.4 is 25.8 Å². The first-order valence-corrected chi connectivity index (χ1v) is 12.5. The van der Waals surface area contributed by atoms with Gasteiger partial charge in [-0.1, -0.05) is 11.6 Å². The Hall–Kier alpha value is -4.36. The number of fused-ring (bicyclic) bond motifs is 1. The van der Waals surface area contributed by atoms with Gasteiger partial charge in [0, 0.05) is 40.9 Å². The molecule has 0 saturated carbocycles. The fourth-order valence-electron chi connectivity index (χ4n) is 3.97. The molecule has 14 heteroatoms. The SMILES string of the molecule is COc1cc(C(F)(F)F)ccc1C(=O)Nc1ccc(Cl)c(-c2cc3cnc(NCCN(C)C)nc3n(OC)c2=O)c1. The van der Waals surface area contributed by atoms with Crippen LogP contribution >= 0.6 is 11.6 Å². The summed E-state index contributed by atoms with van der Waals surface area (Å²) >= 11 is 6.45. The highest BCUT2D eigenvalue weighted by molar-refractivity contribution is 6.33. The Morgan fingerprint density at radius 2 is 1.85 bits per heavy atom. The van der Waals surface area contributed by atoms with Crippen molar-refractivity contribution in [2.75, 3.05) is 52.0 Å². The summed E-state index contributed by atoms with van der Waals surface area (Å²) in [6.07, 6.45) is -3.06. The summed E-state index contributed by atoms with van der Waals surface area (Å²) in [4.78, 5) is 42.4. The molecule has 2 heterocycles. The van der Waals surface area contributed by atoms with E-state index in [0.29, 0.717) is 17.9 Å². The molecule has 0 radical (unpaired) electrons. The first-order valence-electron chi connectivity index (χ1n) is 12.1. The van der Waals surface area contributed by atoms with Gasteiger partial charge in [-0.2, -0.15) is 18.2 Å². The van der Waals surface area contributed by atoms with Crippen LogP contribution in [0.1, 0.15) is 15.9 Å². The Kier molecular flexibility index (Phi) is 8.69. The molecule has 0 unspecified atom stereocenters. The van der Waals surface area contributed by atoms with E-state index >= 15 is 0 Å². The molecule has 2 aromatic heterocycles.